The summed E-state index contributed by atoms with van der Waals surface area (Å²) in [5.74, 6) is -0.135. The van der Waals surface area contributed by atoms with Gasteiger partial charge in [-0.3, -0.25) is 4.79 Å². The number of ether oxygens (including phenoxy) is 1. The summed E-state index contributed by atoms with van der Waals surface area (Å²) >= 11 is 1.46. The topological polar surface area (TPSA) is 72.5 Å². The molecule has 17 heavy (non-hydrogen) atoms. The molecule has 96 valence electrons. The highest BCUT2D eigenvalue weighted by Gasteiger charge is 2.04. The van der Waals surface area contributed by atoms with E-state index in [1.165, 1.54) is 11.3 Å². The highest BCUT2D eigenvalue weighted by Crippen LogP contribution is 2.04. The molecule has 5 nitrogen and oxygen atoms in total. The van der Waals surface area contributed by atoms with E-state index in [-0.39, 0.29) is 18.3 Å². The van der Waals surface area contributed by atoms with Crippen LogP contribution in [0, 0.1) is 0 Å². The Labute approximate surface area is 105 Å². The highest BCUT2D eigenvalue weighted by atomic mass is 32.2. The third-order valence-corrected chi connectivity index (χ3v) is 3.51. The Hall–Kier alpha value is -0.920. The smallest absolute Gasteiger partial charge is 0.252 e. The highest BCUT2D eigenvalue weighted by molar-refractivity contribution is 7.90. The van der Waals surface area contributed by atoms with Crippen LogP contribution in [-0.4, -0.2) is 46.1 Å². The van der Waals surface area contributed by atoms with E-state index in [0.29, 0.717) is 18.7 Å². The van der Waals surface area contributed by atoms with E-state index in [9.17, 15) is 13.2 Å². The average molecular weight is 277 g/mol. The normalized spacial score (nSPS) is 11.4. The summed E-state index contributed by atoms with van der Waals surface area (Å²) in [7, 11) is -2.97. The van der Waals surface area contributed by atoms with Gasteiger partial charge in [-0.05, 0) is 11.4 Å². The van der Waals surface area contributed by atoms with E-state index in [1.807, 2.05) is 5.38 Å². The van der Waals surface area contributed by atoms with E-state index in [1.54, 1.807) is 11.4 Å². The molecule has 0 radical (unpaired) electrons. The molecule has 0 atom stereocenters. The maximum atomic E-state index is 11.4. The zero-order valence-corrected chi connectivity index (χ0v) is 11.1. The van der Waals surface area contributed by atoms with Crippen molar-refractivity contribution in [3.05, 3.63) is 22.4 Å². The maximum Gasteiger partial charge on any atom is 0.252 e. The second kappa shape index (κ2) is 6.73. The van der Waals surface area contributed by atoms with Crippen LogP contribution in [0.3, 0.4) is 0 Å². The molecule has 1 heterocycles. The molecule has 0 fully saturated rings. The van der Waals surface area contributed by atoms with Crippen LogP contribution < -0.4 is 5.32 Å². The van der Waals surface area contributed by atoms with Crippen molar-refractivity contribution in [2.24, 2.45) is 0 Å². The standard InChI is InChI=1S/C10H15NO4S2/c1-17(13,14)7-5-15-4-3-11-10(12)9-2-6-16-8-9/h2,6,8H,3-5,7H2,1H3,(H,11,12). The monoisotopic (exact) mass is 277 g/mol. The summed E-state index contributed by atoms with van der Waals surface area (Å²) in [4.78, 5) is 11.4. The molecule has 1 amide bonds. The van der Waals surface area contributed by atoms with Gasteiger partial charge < -0.3 is 10.1 Å². The molecule has 0 bridgehead atoms. The van der Waals surface area contributed by atoms with E-state index in [0.717, 1.165) is 6.26 Å². The van der Waals surface area contributed by atoms with Gasteiger partial charge in [0.15, 0.2) is 0 Å². The zero-order chi connectivity index (χ0) is 12.7. The maximum absolute atomic E-state index is 11.4. The summed E-state index contributed by atoms with van der Waals surface area (Å²) < 4.78 is 26.6. The molecule has 0 spiro atoms. The Bertz CT molecular complexity index is 439. The van der Waals surface area contributed by atoms with Gasteiger partial charge in [-0.15, -0.1) is 0 Å². The van der Waals surface area contributed by atoms with Gasteiger partial charge in [-0.1, -0.05) is 0 Å². The molecule has 1 aromatic heterocycles. The number of carbonyl (C=O) groups is 1. The summed E-state index contributed by atoms with van der Waals surface area (Å²) in [6.07, 6.45) is 1.16. The van der Waals surface area contributed by atoms with Crippen molar-refractivity contribution < 1.29 is 17.9 Å². The van der Waals surface area contributed by atoms with Crippen LogP contribution in [0.4, 0.5) is 0 Å². The number of sulfone groups is 1. The molecular formula is C10H15NO4S2. The average Bonchev–Trinajstić information content (AvgIpc) is 2.74. The number of hydrogen-bond acceptors (Lipinski definition) is 5. The molecule has 1 rings (SSSR count). The number of rotatable bonds is 7. The van der Waals surface area contributed by atoms with Crippen molar-refractivity contribution in [3.63, 3.8) is 0 Å². The lowest BCUT2D eigenvalue weighted by molar-refractivity contribution is 0.0923. The Kier molecular flexibility index (Phi) is 5.60. The first-order chi connectivity index (χ1) is 7.99. The van der Waals surface area contributed by atoms with Gasteiger partial charge in [0, 0.05) is 23.7 Å². The molecule has 0 aliphatic rings. The van der Waals surface area contributed by atoms with Crippen molar-refractivity contribution in [2.45, 2.75) is 0 Å². The summed E-state index contributed by atoms with van der Waals surface area (Å²) in [5.41, 5.74) is 0.631. The van der Waals surface area contributed by atoms with Crippen LogP contribution in [0.25, 0.3) is 0 Å². The van der Waals surface area contributed by atoms with Gasteiger partial charge in [0.05, 0.1) is 19.0 Å². The van der Waals surface area contributed by atoms with Gasteiger partial charge in [-0.25, -0.2) is 8.42 Å². The fourth-order valence-corrected chi connectivity index (χ4v) is 2.10. The van der Waals surface area contributed by atoms with Crippen LogP contribution in [0.15, 0.2) is 16.8 Å². The van der Waals surface area contributed by atoms with Crippen molar-refractivity contribution in [2.75, 3.05) is 31.8 Å². The van der Waals surface area contributed by atoms with Gasteiger partial charge in [0.25, 0.3) is 5.91 Å². The third kappa shape index (κ3) is 6.40. The first-order valence-corrected chi connectivity index (χ1v) is 8.05. The third-order valence-electron chi connectivity index (χ3n) is 1.91. The second-order valence-electron chi connectivity index (χ2n) is 3.51. The molecule has 0 aliphatic heterocycles. The van der Waals surface area contributed by atoms with Crippen LogP contribution in [0.2, 0.25) is 0 Å². The summed E-state index contributed by atoms with van der Waals surface area (Å²) in [6.45, 7) is 0.844. The Balaban J connectivity index is 2.07. The van der Waals surface area contributed by atoms with E-state index in [2.05, 4.69) is 5.32 Å². The van der Waals surface area contributed by atoms with Crippen LogP contribution >= 0.6 is 11.3 Å². The molecular weight excluding hydrogens is 262 g/mol. The lowest BCUT2D eigenvalue weighted by atomic mass is 10.3. The Morgan fingerprint density at radius 3 is 2.82 bits per heavy atom. The van der Waals surface area contributed by atoms with Gasteiger partial charge in [0.1, 0.15) is 9.84 Å². The van der Waals surface area contributed by atoms with Crippen molar-refractivity contribution in [1.29, 1.82) is 0 Å². The van der Waals surface area contributed by atoms with Gasteiger partial charge in [-0.2, -0.15) is 11.3 Å². The quantitative estimate of drug-likeness (QED) is 0.738. The lowest BCUT2D eigenvalue weighted by Crippen LogP contribution is -2.27. The Morgan fingerprint density at radius 2 is 2.24 bits per heavy atom. The largest absolute Gasteiger partial charge is 0.379 e. The first-order valence-electron chi connectivity index (χ1n) is 5.05. The van der Waals surface area contributed by atoms with Crippen LogP contribution in [0.5, 0.6) is 0 Å². The van der Waals surface area contributed by atoms with Gasteiger partial charge >= 0.3 is 0 Å². The lowest BCUT2D eigenvalue weighted by Gasteiger charge is -2.05. The number of amides is 1. The molecule has 7 heteroatoms. The summed E-state index contributed by atoms with van der Waals surface area (Å²) in [5, 5.41) is 6.27. The molecule has 0 saturated heterocycles. The summed E-state index contributed by atoms with van der Waals surface area (Å²) in [6, 6.07) is 1.74. The van der Waals surface area contributed by atoms with E-state index < -0.39 is 9.84 Å². The number of hydrogen-bond donors (Lipinski definition) is 1. The molecule has 0 aromatic carbocycles. The molecule has 1 aromatic rings. The molecule has 1 N–H and O–H groups in total. The van der Waals surface area contributed by atoms with Crippen molar-refractivity contribution in [3.8, 4) is 0 Å². The fraction of sp³-hybridized carbons (Fsp3) is 0.500. The minimum Gasteiger partial charge on any atom is -0.379 e. The minimum atomic E-state index is -2.97. The second-order valence-corrected chi connectivity index (χ2v) is 6.55. The van der Waals surface area contributed by atoms with Gasteiger partial charge in [0.2, 0.25) is 0 Å². The number of thiophene rings is 1. The number of nitrogens with one attached hydrogen (secondary N) is 1. The van der Waals surface area contributed by atoms with E-state index in [4.69, 9.17) is 4.74 Å². The fourth-order valence-electron chi connectivity index (χ4n) is 1.04. The van der Waals surface area contributed by atoms with E-state index >= 15 is 0 Å². The SMILES string of the molecule is CS(=O)(=O)CCOCCNC(=O)c1ccsc1. The first kappa shape index (κ1) is 14.1. The Morgan fingerprint density at radius 1 is 1.47 bits per heavy atom. The molecule has 0 saturated carbocycles. The van der Waals surface area contributed by atoms with Crippen molar-refractivity contribution in [1.82, 2.24) is 5.32 Å². The van der Waals surface area contributed by atoms with Crippen molar-refractivity contribution >= 4 is 27.1 Å². The molecule has 0 aliphatic carbocycles. The predicted octanol–water partition coefficient (Wildman–Crippen LogP) is 0.539. The molecule has 0 unspecified atom stereocenters. The van der Waals surface area contributed by atoms with Crippen LogP contribution in [0.1, 0.15) is 10.4 Å². The zero-order valence-electron chi connectivity index (χ0n) is 9.51. The van der Waals surface area contributed by atoms with Crippen LogP contribution in [-0.2, 0) is 14.6 Å². The minimum absolute atomic E-state index is 0.00543. The predicted molar refractivity (Wildman–Crippen MR) is 67.2 cm³/mol. The number of carbonyl (C=O) groups excluding carboxylic acids is 1.